The van der Waals surface area contributed by atoms with Gasteiger partial charge in [-0.1, -0.05) is 6.07 Å². The Morgan fingerprint density at radius 2 is 2.24 bits per heavy atom. The van der Waals surface area contributed by atoms with Crippen molar-refractivity contribution in [2.45, 2.75) is 6.54 Å². The van der Waals surface area contributed by atoms with Crippen LogP contribution in [-0.2, 0) is 11.3 Å². The van der Waals surface area contributed by atoms with Gasteiger partial charge in [-0.05, 0) is 23.6 Å². The summed E-state index contributed by atoms with van der Waals surface area (Å²) in [6, 6.07) is 7.47. The van der Waals surface area contributed by atoms with Gasteiger partial charge in [0.05, 0.1) is 22.9 Å². The first-order valence-electron chi connectivity index (χ1n) is 5.26. The predicted octanol–water partition coefficient (Wildman–Crippen LogP) is 1.81. The summed E-state index contributed by atoms with van der Waals surface area (Å²) in [5.74, 6) is 0. The van der Waals surface area contributed by atoms with Crippen LogP contribution in [0.4, 0.5) is 5.69 Å². The van der Waals surface area contributed by atoms with Crippen LogP contribution in [0.15, 0.2) is 34.4 Å². The molecule has 2 rings (SSSR count). The van der Waals surface area contributed by atoms with Crippen molar-refractivity contribution in [1.29, 1.82) is 0 Å². The van der Waals surface area contributed by atoms with Crippen LogP contribution >= 0.6 is 11.3 Å². The topological polar surface area (TPSA) is 57.2 Å². The maximum absolute atomic E-state index is 12.0. The van der Waals surface area contributed by atoms with Gasteiger partial charge in [0.1, 0.15) is 0 Å². The number of nitrogens with two attached hydrogens (primary N) is 1. The fraction of sp³-hybridized carbons (Fsp3) is 0.250. The molecule has 0 aliphatic carbocycles. The average Bonchev–Trinajstić information content (AvgIpc) is 2.84. The largest absolute Gasteiger partial charge is 0.394 e. The molecule has 2 aromatic heterocycles. The summed E-state index contributed by atoms with van der Waals surface area (Å²) in [6.07, 6.45) is 0. The number of nitrogens with zero attached hydrogens (tertiary/aromatic N) is 1. The first-order chi connectivity index (χ1) is 8.24. The predicted molar refractivity (Wildman–Crippen MR) is 70.3 cm³/mol. The van der Waals surface area contributed by atoms with Crippen LogP contribution in [0.2, 0.25) is 0 Å². The second-order valence-corrected chi connectivity index (χ2v) is 4.55. The smallest absolute Gasteiger partial charge is 0.274 e. The Morgan fingerprint density at radius 1 is 1.41 bits per heavy atom. The van der Waals surface area contributed by atoms with E-state index in [0.29, 0.717) is 13.2 Å². The molecule has 0 atom stereocenters. The van der Waals surface area contributed by atoms with E-state index in [-0.39, 0.29) is 11.2 Å². The lowest BCUT2D eigenvalue weighted by molar-refractivity contribution is 0.187. The number of anilines is 1. The Labute approximate surface area is 103 Å². The minimum absolute atomic E-state index is 0.159. The van der Waals surface area contributed by atoms with E-state index in [1.54, 1.807) is 29.1 Å². The summed E-state index contributed by atoms with van der Waals surface area (Å²) in [4.78, 5) is 13.0. The molecule has 0 amide bonds. The quantitative estimate of drug-likeness (QED) is 0.900. The van der Waals surface area contributed by atoms with Crippen LogP contribution < -0.4 is 11.3 Å². The number of ether oxygens (including phenoxy) is 1. The number of methoxy groups -OCH3 is 1. The highest BCUT2D eigenvalue weighted by Gasteiger charge is 2.09. The lowest BCUT2D eigenvalue weighted by Crippen LogP contribution is -2.25. The van der Waals surface area contributed by atoms with Crippen molar-refractivity contribution >= 4 is 17.0 Å². The molecule has 0 saturated carbocycles. The van der Waals surface area contributed by atoms with Crippen molar-refractivity contribution in [1.82, 2.24) is 4.57 Å². The van der Waals surface area contributed by atoms with Gasteiger partial charge in [-0.15, -0.1) is 11.3 Å². The van der Waals surface area contributed by atoms with Crippen molar-refractivity contribution < 1.29 is 4.74 Å². The molecule has 17 heavy (non-hydrogen) atoms. The number of rotatable bonds is 4. The van der Waals surface area contributed by atoms with Crippen LogP contribution in [-0.4, -0.2) is 18.3 Å². The number of hydrogen-bond donors (Lipinski definition) is 1. The molecule has 0 bridgehead atoms. The molecule has 2 heterocycles. The third-order valence-electron chi connectivity index (χ3n) is 2.50. The number of pyridine rings is 1. The summed E-state index contributed by atoms with van der Waals surface area (Å²) < 4.78 is 6.67. The fourth-order valence-corrected chi connectivity index (χ4v) is 2.40. The Hall–Kier alpha value is -1.59. The maximum atomic E-state index is 12.0. The maximum Gasteiger partial charge on any atom is 0.274 e. The van der Waals surface area contributed by atoms with Crippen molar-refractivity contribution in [3.63, 3.8) is 0 Å². The lowest BCUT2D eigenvalue weighted by atomic mass is 10.2. The average molecular weight is 250 g/mol. The summed E-state index contributed by atoms with van der Waals surface area (Å²) in [7, 11) is 1.61. The summed E-state index contributed by atoms with van der Waals surface area (Å²) in [6.45, 7) is 0.995. The van der Waals surface area contributed by atoms with Crippen LogP contribution in [0.1, 0.15) is 0 Å². The Balaban J connectivity index is 2.51. The third-order valence-corrected chi connectivity index (χ3v) is 3.39. The van der Waals surface area contributed by atoms with Crippen molar-refractivity contribution in [2.75, 3.05) is 19.5 Å². The number of thiophene rings is 1. The van der Waals surface area contributed by atoms with E-state index in [0.717, 1.165) is 10.6 Å². The Kier molecular flexibility index (Phi) is 3.61. The molecule has 0 radical (unpaired) electrons. The van der Waals surface area contributed by atoms with E-state index < -0.39 is 0 Å². The lowest BCUT2D eigenvalue weighted by Gasteiger charge is -2.11. The van der Waals surface area contributed by atoms with Crippen LogP contribution in [0, 0.1) is 0 Å². The summed E-state index contributed by atoms with van der Waals surface area (Å²) in [5.41, 5.74) is 6.64. The SMILES string of the molecule is COCCn1c(-c2cccs2)ccc(N)c1=O. The molecule has 0 saturated heterocycles. The zero-order chi connectivity index (χ0) is 12.3. The first-order valence-corrected chi connectivity index (χ1v) is 6.14. The fourth-order valence-electron chi connectivity index (χ4n) is 1.64. The minimum atomic E-state index is -0.159. The van der Waals surface area contributed by atoms with E-state index in [9.17, 15) is 4.79 Å². The molecule has 0 aliphatic rings. The van der Waals surface area contributed by atoms with Crippen LogP contribution in [0.3, 0.4) is 0 Å². The van der Waals surface area contributed by atoms with Crippen LogP contribution in [0.5, 0.6) is 0 Å². The van der Waals surface area contributed by atoms with Gasteiger partial charge >= 0.3 is 0 Å². The number of aromatic nitrogens is 1. The Morgan fingerprint density at radius 3 is 2.88 bits per heavy atom. The van der Waals surface area contributed by atoms with E-state index >= 15 is 0 Å². The molecular formula is C12H14N2O2S. The van der Waals surface area contributed by atoms with Gasteiger partial charge in [0, 0.05) is 13.7 Å². The zero-order valence-electron chi connectivity index (χ0n) is 9.55. The second-order valence-electron chi connectivity index (χ2n) is 3.60. The summed E-state index contributed by atoms with van der Waals surface area (Å²) in [5, 5.41) is 1.98. The first kappa shape index (κ1) is 11.9. The van der Waals surface area contributed by atoms with Crippen molar-refractivity contribution in [2.24, 2.45) is 0 Å². The van der Waals surface area contributed by atoms with Gasteiger partial charge in [-0.3, -0.25) is 4.79 Å². The molecule has 2 N–H and O–H groups in total. The van der Waals surface area contributed by atoms with Gasteiger partial charge in [0.2, 0.25) is 0 Å². The minimum Gasteiger partial charge on any atom is -0.394 e. The molecule has 90 valence electrons. The third kappa shape index (κ3) is 2.40. The molecule has 4 nitrogen and oxygen atoms in total. The normalized spacial score (nSPS) is 10.6. The number of nitrogen functional groups attached to an aromatic ring is 1. The molecule has 0 aromatic carbocycles. The van der Waals surface area contributed by atoms with Gasteiger partial charge in [0.15, 0.2) is 0 Å². The monoisotopic (exact) mass is 250 g/mol. The van der Waals surface area contributed by atoms with E-state index in [2.05, 4.69) is 0 Å². The summed E-state index contributed by atoms with van der Waals surface area (Å²) >= 11 is 1.60. The highest BCUT2D eigenvalue weighted by atomic mass is 32.1. The van der Waals surface area contributed by atoms with Crippen molar-refractivity contribution in [3.8, 4) is 10.6 Å². The van der Waals surface area contributed by atoms with E-state index in [4.69, 9.17) is 10.5 Å². The molecule has 0 unspecified atom stereocenters. The van der Waals surface area contributed by atoms with Crippen LogP contribution in [0.25, 0.3) is 10.6 Å². The Bertz CT molecular complexity index is 546. The highest BCUT2D eigenvalue weighted by molar-refractivity contribution is 7.13. The van der Waals surface area contributed by atoms with E-state index in [1.165, 1.54) is 0 Å². The molecule has 0 spiro atoms. The van der Waals surface area contributed by atoms with E-state index in [1.807, 2.05) is 23.6 Å². The van der Waals surface area contributed by atoms with Gasteiger partial charge in [-0.25, -0.2) is 0 Å². The van der Waals surface area contributed by atoms with Gasteiger partial charge in [-0.2, -0.15) is 0 Å². The standard InChI is InChI=1S/C12H14N2O2S/c1-16-7-6-14-10(11-3-2-8-17-11)5-4-9(13)12(14)15/h2-5,8H,6-7,13H2,1H3. The zero-order valence-corrected chi connectivity index (χ0v) is 10.4. The highest BCUT2D eigenvalue weighted by Crippen LogP contribution is 2.23. The molecule has 0 aliphatic heterocycles. The van der Waals surface area contributed by atoms with Gasteiger partial charge < -0.3 is 15.0 Å². The molecule has 5 heteroatoms. The van der Waals surface area contributed by atoms with Crippen molar-refractivity contribution in [3.05, 3.63) is 40.0 Å². The molecule has 0 fully saturated rings. The molecular weight excluding hydrogens is 236 g/mol. The second kappa shape index (κ2) is 5.16. The molecule has 2 aromatic rings. The van der Waals surface area contributed by atoms with Gasteiger partial charge in [0.25, 0.3) is 5.56 Å². The number of hydrogen-bond acceptors (Lipinski definition) is 4.